The van der Waals surface area contributed by atoms with E-state index in [0.717, 1.165) is 31.5 Å². The molecule has 0 aliphatic carbocycles. The van der Waals surface area contributed by atoms with Gasteiger partial charge >= 0.3 is 0 Å². The molecule has 0 spiro atoms. The first-order valence-electron chi connectivity index (χ1n) is 10.8. The Labute approximate surface area is 184 Å². The number of aromatic amines is 1. The molecule has 2 aromatic heterocycles. The van der Waals surface area contributed by atoms with Gasteiger partial charge in [-0.3, -0.25) is 14.6 Å². The normalized spacial score (nSPS) is 16.2. The van der Waals surface area contributed by atoms with Gasteiger partial charge in [0.15, 0.2) is 5.65 Å². The first-order chi connectivity index (χ1) is 15.7. The van der Waals surface area contributed by atoms with Gasteiger partial charge in [0, 0.05) is 24.7 Å². The Bertz CT molecular complexity index is 1280. The van der Waals surface area contributed by atoms with E-state index in [2.05, 4.69) is 20.3 Å². The highest BCUT2D eigenvalue weighted by Gasteiger charge is 2.26. The van der Waals surface area contributed by atoms with Crippen LogP contribution in [0, 0.1) is 0 Å². The zero-order valence-corrected chi connectivity index (χ0v) is 17.6. The number of piperidine rings is 1. The Morgan fingerprint density at radius 2 is 1.81 bits per heavy atom. The zero-order chi connectivity index (χ0) is 21.9. The van der Waals surface area contributed by atoms with Gasteiger partial charge in [0.25, 0.3) is 11.5 Å². The topological polar surface area (TPSA) is 95.9 Å². The van der Waals surface area contributed by atoms with Crippen molar-refractivity contribution in [2.24, 2.45) is 0 Å². The molecule has 0 radical (unpaired) electrons. The predicted octanol–water partition coefficient (Wildman–Crippen LogP) is 2.90. The SMILES string of the molecule is O=C(NCC1CCCCN1c1nc2c(cnn2-c2ccccc2)c(=O)[nH]1)c1ccccc1. The molecule has 3 heterocycles. The lowest BCUT2D eigenvalue weighted by Gasteiger charge is -2.36. The summed E-state index contributed by atoms with van der Waals surface area (Å²) in [6.07, 6.45) is 4.53. The predicted molar refractivity (Wildman–Crippen MR) is 123 cm³/mol. The van der Waals surface area contributed by atoms with Crippen LogP contribution in [0.5, 0.6) is 0 Å². The third-order valence-electron chi connectivity index (χ3n) is 5.86. The van der Waals surface area contributed by atoms with Crippen LogP contribution in [0.3, 0.4) is 0 Å². The number of amides is 1. The third kappa shape index (κ3) is 3.87. The Morgan fingerprint density at radius 3 is 2.59 bits per heavy atom. The second kappa shape index (κ2) is 8.66. The number of fused-ring (bicyclic) bond motifs is 1. The van der Waals surface area contributed by atoms with E-state index in [1.165, 1.54) is 0 Å². The lowest BCUT2D eigenvalue weighted by molar-refractivity contribution is 0.0949. The van der Waals surface area contributed by atoms with E-state index in [9.17, 15) is 9.59 Å². The standard InChI is InChI=1S/C24H24N6O2/c31-22(17-9-3-1-4-10-17)25-15-19-13-7-8-14-29(19)24-27-21-20(23(32)28-24)16-26-30(21)18-11-5-2-6-12-18/h1-6,9-12,16,19H,7-8,13-15H2,(H,25,31)(H,27,28,32). The molecule has 1 amide bonds. The average Bonchev–Trinajstić information content (AvgIpc) is 3.28. The molecule has 2 N–H and O–H groups in total. The van der Waals surface area contributed by atoms with E-state index in [4.69, 9.17) is 4.98 Å². The van der Waals surface area contributed by atoms with Gasteiger partial charge in [0.05, 0.1) is 11.9 Å². The average molecular weight is 428 g/mol. The van der Waals surface area contributed by atoms with Crippen LogP contribution in [0.2, 0.25) is 0 Å². The number of nitrogens with one attached hydrogen (secondary N) is 2. The van der Waals surface area contributed by atoms with Crippen molar-refractivity contribution in [1.82, 2.24) is 25.1 Å². The molecular formula is C24H24N6O2. The lowest BCUT2D eigenvalue weighted by Crippen LogP contribution is -2.48. The van der Waals surface area contributed by atoms with Crippen LogP contribution in [0.4, 0.5) is 5.95 Å². The van der Waals surface area contributed by atoms with Crippen LogP contribution in [0.1, 0.15) is 29.6 Å². The second-order valence-corrected chi connectivity index (χ2v) is 7.94. The van der Waals surface area contributed by atoms with Crippen LogP contribution < -0.4 is 15.8 Å². The summed E-state index contributed by atoms with van der Waals surface area (Å²) in [5.41, 5.74) is 1.78. The van der Waals surface area contributed by atoms with E-state index in [0.29, 0.717) is 29.1 Å². The second-order valence-electron chi connectivity index (χ2n) is 7.94. The van der Waals surface area contributed by atoms with E-state index in [1.807, 2.05) is 48.5 Å². The maximum atomic E-state index is 12.8. The fourth-order valence-electron chi connectivity index (χ4n) is 4.19. The van der Waals surface area contributed by atoms with Crippen molar-refractivity contribution in [3.05, 3.63) is 82.8 Å². The van der Waals surface area contributed by atoms with Gasteiger partial charge in [-0.1, -0.05) is 36.4 Å². The monoisotopic (exact) mass is 428 g/mol. The highest BCUT2D eigenvalue weighted by molar-refractivity contribution is 5.94. The van der Waals surface area contributed by atoms with Crippen molar-refractivity contribution in [3.8, 4) is 5.69 Å². The van der Waals surface area contributed by atoms with Crippen molar-refractivity contribution < 1.29 is 4.79 Å². The van der Waals surface area contributed by atoms with Gasteiger partial charge in [-0.25, -0.2) is 4.68 Å². The minimum absolute atomic E-state index is 0.0464. The Hall–Kier alpha value is -3.94. The molecule has 1 aliphatic heterocycles. The minimum atomic E-state index is -0.218. The summed E-state index contributed by atoms with van der Waals surface area (Å²) in [6.45, 7) is 1.24. The van der Waals surface area contributed by atoms with Gasteiger partial charge in [0.1, 0.15) is 5.39 Å². The molecule has 4 aromatic rings. The fraction of sp³-hybridized carbons (Fsp3) is 0.250. The molecular weight excluding hydrogens is 404 g/mol. The molecule has 162 valence electrons. The largest absolute Gasteiger partial charge is 0.350 e. The Morgan fingerprint density at radius 1 is 1.06 bits per heavy atom. The lowest BCUT2D eigenvalue weighted by atomic mass is 10.0. The van der Waals surface area contributed by atoms with Gasteiger partial charge < -0.3 is 10.2 Å². The number of hydrogen-bond donors (Lipinski definition) is 2. The van der Waals surface area contributed by atoms with Crippen LogP contribution in [-0.4, -0.2) is 44.8 Å². The van der Waals surface area contributed by atoms with Crippen molar-refractivity contribution in [2.45, 2.75) is 25.3 Å². The number of anilines is 1. The molecule has 1 aliphatic rings. The molecule has 32 heavy (non-hydrogen) atoms. The minimum Gasteiger partial charge on any atom is -0.350 e. The van der Waals surface area contributed by atoms with Crippen LogP contribution in [0.15, 0.2) is 71.7 Å². The number of rotatable bonds is 5. The molecule has 0 bridgehead atoms. The van der Waals surface area contributed by atoms with E-state index >= 15 is 0 Å². The van der Waals surface area contributed by atoms with Crippen molar-refractivity contribution in [3.63, 3.8) is 0 Å². The number of carbonyl (C=O) groups is 1. The van der Waals surface area contributed by atoms with E-state index < -0.39 is 0 Å². The summed E-state index contributed by atoms with van der Waals surface area (Å²) >= 11 is 0. The van der Waals surface area contributed by atoms with Crippen LogP contribution >= 0.6 is 0 Å². The third-order valence-corrected chi connectivity index (χ3v) is 5.86. The first kappa shape index (κ1) is 20.0. The van der Waals surface area contributed by atoms with Gasteiger partial charge in [0.2, 0.25) is 5.95 Å². The molecule has 1 fully saturated rings. The van der Waals surface area contributed by atoms with Crippen molar-refractivity contribution in [1.29, 1.82) is 0 Å². The molecule has 5 rings (SSSR count). The van der Waals surface area contributed by atoms with Crippen molar-refractivity contribution in [2.75, 3.05) is 18.0 Å². The summed E-state index contributed by atoms with van der Waals surface area (Å²) in [5, 5.41) is 7.87. The quantitative estimate of drug-likeness (QED) is 0.510. The Balaban J connectivity index is 1.43. The number of H-pyrrole nitrogens is 1. The number of aromatic nitrogens is 4. The smallest absolute Gasteiger partial charge is 0.263 e. The maximum absolute atomic E-state index is 12.8. The molecule has 0 saturated carbocycles. The molecule has 1 atom stereocenters. The van der Waals surface area contributed by atoms with E-state index in [1.54, 1.807) is 23.0 Å². The number of para-hydroxylation sites is 1. The summed E-state index contributed by atoms with van der Waals surface area (Å²) < 4.78 is 1.68. The maximum Gasteiger partial charge on any atom is 0.263 e. The highest BCUT2D eigenvalue weighted by Crippen LogP contribution is 2.23. The highest BCUT2D eigenvalue weighted by atomic mass is 16.1. The number of hydrogen-bond acceptors (Lipinski definition) is 5. The van der Waals surface area contributed by atoms with Gasteiger partial charge in [-0.2, -0.15) is 10.1 Å². The summed E-state index contributed by atoms with van der Waals surface area (Å²) in [7, 11) is 0. The van der Waals surface area contributed by atoms with E-state index in [-0.39, 0.29) is 17.5 Å². The Kier molecular flexibility index (Phi) is 5.41. The zero-order valence-electron chi connectivity index (χ0n) is 17.6. The molecule has 1 saturated heterocycles. The number of nitrogens with zero attached hydrogens (tertiary/aromatic N) is 4. The molecule has 2 aromatic carbocycles. The molecule has 8 nitrogen and oxygen atoms in total. The number of benzene rings is 2. The molecule has 8 heteroatoms. The van der Waals surface area contributed by atoms with Crippen LogP contribution in [-0.2, 0) is 0 Å². The van der Waals surface area contributed by atoms with Crippen LogP contribution in [0.25, 0.3) is 16.7 Å². The summed E-state index contributed by atoms with van der Waals surface area (Å²) in [4.78, 5) is 35.1. The summed E-state index contributed by atoms with van der Waals surface area (Å²) in [6, 6.07) is 18.9. The molecule has 1 unspecified atom stereocenters. The van der Waals surface area contributed by atoms with Gasteiger partial charge in [-0.05, 0) is 43.5 Å². The number of carbonyl (C=O) groups excluding carboxylic acids is 1. The fourth-order valence-corrected chi connectivity index (χ4v) is 4.19. The van der Waals surface area contributed by atoms with Gasteiger partial charge in [-0.15, -0.1) is 0 Å². The first-order valence-corrected chi connectivity index (χ1v) is 10.8. The summed E-state index contributed by atoms with van der Waals surface area (Å²) in [5.74, 6) is 0.411. The van der Waals surface area contributed by atoms with Crippen molar-refractivity contribution >= 4 is 22.9 Å².